The summed E-state index contributed by atoms with van der Waals surface area (Å²) in [7, 11) is -2.32. The number of hydrogen-bond acceptors (Lipinski definition) is 6. The predicted octanol–water partition coefficient (Wildman–Crippen LogP) is 2.48. The Morgan fingerprint density at radius 2 is 2.06 bits per heavy atom. The lowest BCUT2D eigenvalue weighted by molar-refractivity contribution is -0.120. The van der Waals surface area contributed by atoms with E-state index in [0.29, 0.717) is 36.3 Å². The topological polar surface area (TPSA) is 122 Å². The number of aromatic amines is 1. The number of methoxy groups -OCH3 is 1. The van der Waals surface area contributed by atoms with Crippen molar-refractivity contribution in [1.29, 1.82) is 0 Å². The van der Waals surface area contributed by atoms with E-state index < -0.39 is 21.7 Å². The fourth-order valence-electron chi connectivity index (χ4n) is 3.76. The number of anilines is 1. The van der Waals surface area contributed by atoms with Crippen molar-refractivity contribution in [1.82, 2.24) is 9.29 Å². The largest absolute Gasteiger partial charge is 0.495 e. The highest BCUT2D eigenvalue weighted by atomic mass is 32.2. The average molecular weight is 445 g/mol. The highest BCUT2D eigenvalue weighted by Crippen LogP contribution is 2.29. The second kappa shape index (κ2) is 8.20. The first-order chi connectivity index (χ1) is 14.8. The molecule has 1 aliphatic rings. The summed E-state index contributed by atoms with van der Waals surface area (Å²) in [6.07, 6.45) is 1.14. The third kappa shape index (κ3) is 4.21. The Balaban J connectivity index is 1.53. The van der Waals surface area contributed by atoms with Gasteiger partial charge in [-0.05, 0) is 49.6 Å². The van der Waals surface area contributed by atoms with Crippen LogP contribution in [0.25, 0.3) is 11.1 Å². The van der Waals surface area contributed by atoms with E-state index >= 15 is 0 Å². The number of rotatable bonds is 5. The normalized spacial score (nSPS) is 17.5. The van der Waals surface area contributed by atoms with E-state index in [4.69, 9.17) is 9.15 Å². The Kier molecular flexibility index (Phi) is 5.59. The lowest BCUT2D eigenvalue weighted by Crippen LogP contribution is -2.43. The molecule has 31 heavy (non-hydrogen) atoms. The van der Waals surface area contributed by atoms with E-state index in [1.165, 1.54) is 29.6 Å². The number of aromatic nitrogens is 1. The van der Waals surface area contributed by atoms with Crippen molar-refractivity contribution in [3.63, 3.8) is 0 Å². The van der Waals surface area contributed by atoms with Crippen molar-refractivity contribution in [2.45, 2.75) is 24.7 Å². The number of carbonyl (C=O) groups excluding carboxylic acids is 1. The molecular formula is C21H23N3O6S. The maximum absolute atomic E-state index is 13.2. The van der Waals surface area contributed by atoms with Crippen molar-refractivity contribution in [2.24, 2.45) is 5.92 Å². The van der Waals surface area contributed by atoms with Gasteiger partial charge in [-0.1, -0.05) is 6.07 Å². The minimum absolute atomic E-state index is 0.0177. The second-order valence-corrected chi connectivity index (χ2v) is 9.51. The van der Waals surface area contributed by atoms with Gasteiger partial charge in [-0.15, -0.1) is 0 Å². The highest BCUT2D eigenvalue weighted by Gasteiger charge is 2.34. The fraction of sp³-hybridized carbons (Fsp3) is 0.333. The van der Waals surface area contributed by atoms with E-state index in [0.717, 1.165) is 5.56 Å². The molecule has 2 N–H and O–H groups in total. The molecule has 4 rings (SSSR count). The summed E-state index contributed by atoms with van der Waals surface area (Å²) >= 11 is 0. The van der Waals surface area contributed by atoms with Crippen LogP contribution in [0.3, 0.4) is 0 Å². The molecular weight excluding hydrogens is 422 g/mol. The number of carbonyl (C=O) groups is 1. The molecule has 0 radical (unpaired) electrons. The van der Waals surface area contributed by atoms with Crippen LogP contribution in [0.2, 0.25) is 0 Å². The third-order valence-electron chi connectivity index (χ3n) is 5.40. The van der Waals surface area contributed by atoms with Gasteiger partial charge in [0.05, 0.1) is 29.1 Å². The molecule has 0 saturated carbocycles. The molecule has 0 unspecified atom stereocenters. The van der Waals surface area contributed by atoms with Crippen LogP contribution in [0.15, 0.2) is 50.5 Å². The summed E-state index contributed by atoms with van der Waals surface area (Å²) in [4.78, 5) is 26.7. The van der Waals surface area contributed by atoms with Crippen molar-refractivity contribution < 1.29 is 22.4 Å². The van der Waals surface area contributed by atoms with Gasteiger partial charge in [0.25, 0.3) is 0 Å². The first-order valence-corrected chi connectivity index (χ1v) is 11.3. The summed E-state index contributed by atoms with van der Waals surface area (Å²) in [6, 6.07) is 9.71. The quantitative estimate of drug-likeness (QED) is 0.622. The molecule has 10 heteroatoms. The Hall–Kier alpha value is -3.11. The summed E-state index contributed by atoms with van der Waals surface area (Å²) < 4.78 is 37.9. The molecule has 1 aromatic heterocycles. The molecule has 1 atom stereocenters. The van der Waals surface area contributed by atoms with Crippen molar-refractivity contribution in [2.75, 3.05) is 25.5 Å². The Morgan fingerprint density at radius 1 is 1.26 bits per heavy atom. The number of sulfonamides is 1. The molecule has 2 aromatic carbocycles. The number of piperidine rings is 1. The molecule has 0 bridgehead atoms. The summed E-state index contributed by atoms with van der Waals surface area (Å²) in [6.45, 7) is 2.29. The lowest BCUT2D eigenvalue weighted by atomic mass is 9.98. The molecule has 1 aliphatic heterocycles. The van der Waals surface area contributed by atoms with Crippen molar-refractivity contribution >= 4 is 32.7 Å². The standard InChI is InChI=1S/C21H23N3O6S/c1-13-5-8-18(29-2)17(10-13)22-20(25)14-4-3-9-24(12-14)31(27,28)15-6-7-16-19(11-15)30-21(26)23-16/h5-8,10-11,14H,3-4,9,12H2,1-2H3,(H,22,25)(H,23,26)/t14-/m1/s1. The van der Waals surface area contributed by atoms with E-state index in [2.05, 4.69) is 10.3 Å². The van der Waals surface area contributed by atoms with Crippen LogP contribution >= 0.6 is 0 Å². The van der Waals surface area contributed by atoms with E-state index in [1.54, 1.807) is 6.07 Å². The Bertz CT molecular complexity index is 1290. The van der Waals surface area contributed by atoms with Crippen LogP contribution in [0.5, 0.6) is 5.75 Å². The zero-order chi connectivity index (χ0) is 22.2. The van der Waals surface area contributed by atoms with Crippen LogP contribution in [-0.2, 0) is 14.8 Å². The molecule has 3 aromatic rings. The number of ether oxygens (including phenoxy) is 1. The maximum Gasteiger partial charge on any atom is 0.417 e. The Morgan fingerprint density at radius 3 is 2.84 bits per heavy atom. The second-order valence-electron chi connectivity index (χ2n) is 7.57. The van der Waals surface area contributed by atoms with E-state index in [1.807, 2.05) is 19.1 Å². The van der Waals surface area contributed by atoms with Crippen LogP contribution in [0, 0.1) is 12.8 Å². The number of nitrogens with one attached hydrogen (secondary N) is 2. The minimum atomic E-state index is -3.85. The Labute approximate surface area is 179 Å². The van der Waals surface area contributed by atoms with Gasteiger partial charge in [-0.3, -0.25) is 9.78 Å². The number of oxazole rings is 1. The summed E-state index contributed by atoms with van der Waals surface area (Å²) in [5.74, 6) is -0.857. The smallest absolute Gasteiger partial charge is 0.417 e. The first kappa shape index (κ1) is 21.1. The van der Waals surface area contributed by atoms with Gasteiger partial charge in [0.1, 0.15) is 5.75 Å². The van der Waals surface area contributed by atoms with Crippen LogP contribution in [-0.4, -0.2) is 43.8 Å². The van der Waals surface area contributed by atoms with E-state index in [-0.39, 0.29) is 22.9 Å². The van der Waals surface area contributed by atoms with Crippen LogP contribution in [0.1, 0.15) is 18.4 Å². The zero-order valence-corrected chi connectivity index (χ0v) is 18.0. The number of nitrogens with zero attached hydrogens (tertiary/aromatic N) is 1. The molecule has 1 saturated heterocycles. The van der Waals surface area contributed by atoms with E-state index in [9.17, 15) is 18.0 Å². The SMILES string of the molecule is COc1ccc(C)cc1NC(=O)[C@@H]1CCCN(S(=O)(=O)c2ccc3[nH]c(=O)oc3c2)C1. The number of benzene rings is 2. The lowest BCUT2D eigenvalue weighted by Gasteiger charge is -2.31. The number of H-pyrrole nitrogens is 1. The van der Waals surface area contributed by atoms with Gasteiger partial charge in [0, 0.05) is 19.2 Å². The molecule has 9 nitrogen and oxygen atoms in total. The number of fused-ring (bicyclic) bond motifs is 1. The summed E-state index contributed by atoms with van der Waals surface area (Å²) in [5.41, 5.74) is 2.12. The minimum Gasteiger partial charge on any atom is -0.495 e. The molecule has 0 aliphatic carbocycles. The maximum atomic E-state index is 13.2. The molecule has 1 amide bonds. The van der Waals surface area contributed by atoms with Gasteiger partial charge in [0.15, 0.2) is 5.58 Å². The van der Waals surface area contributed by atoms with Gasteiger partial charge < -0.3 is 14.5 Å². The molecule has 1 fully saturated rings. The van der Waals surface area contributed by atoms with Gasteiger partial charge in [-0.2, -0.15) is 4.31 Å². The predicted molar refractivity (Wildman–Crippen MR) is 115 cm³/mol. The zero-order valence-electron chi connectivity index (χ0n) is 17.2. The first-order valence-electron chi connectivity index (χ1n) is 9.86. The molecule has 0 spiro atoms. The average Bonchev–Trinajstić information content (AvgIpc) is 3.13. The van der Waals surface area contributed by atoms with Crippen molar-refractivity contribution in [3.05, 3.63) is 52.5 Å². The van der Waals surface area contributed by atoms with Crippen molar-refractivity contribution in [3.8, 4) is 5.75 Å². The highest BCUT2D eigenvalue weighted by molar-refractivity contribution is 7.89. The molecule has 2 heterocycles. The third-order valence-corrected chi connectivity index (χ3v) is 7.26. The fourth-order valence-corrected chi connectivity index (χ4v) is 5.30. The number of aryl methyl sites for hydroxylation is 1. The molecule has 164 valence electrons. The van der Waals surface area contributed by atoms with Gasteiger partial charge in [0.2, 0.25) is 15.9 Å². The monoisotopic (exact) mass is 445 g/mol. The van der Waals surface area contributed by atoms with Gasteiger partial charge in [-0.25, -0.2) is 13.2 Å². The van der Waals surface area contributed by atoms with Crippen LogP contribution in [0.4, 0.5) is 5.69 Å². The van der Waals surface area contributed by atoms with Gasteiger partial charge >= 0.3 is 5.76 Å². The summed E-state index contributed by atoms with van der Waals surface area (Å²) in [5, 5.41) is 2.87. The number of amides is 1. The number of hydrogen-bond donors (Lipinski definition) is 2. The van der Waals surface area contributed by atoms with Crippen LogP contribution < -0.4 is 15.8 Å².